The Morgan fingerprint density at radius 3 is 2.88 bits per heavy atom. The Balaban J connectivity index is 2.48. The van der Waals surface area contributed by atoms with Gasteiger partial charge in [0, 0.05) is 12.1 Å². The van der Waals surface area contributed by atoms with Gasteiger partial charge in [-0.2, -0.15) is 11.8 Å². The molecule has 17 heavy (non-hydrogen) atoms. The molecule has 4 nitrogen and oxygen atoms in total. The van der Waals surface area contributed by atoms with E-state index in [1.807, 2.05) is 11.8 Å². The van der Waals surface area contributed by atoms with E-state index in [0.29, 0.717) is 5.82 Å². The summed E-state index contributed by atoms with van der Waals surface area (Å²) in [5.74, 6) is 2.73. The molecular formula is C12H22N4S. The van der Waals surface area contributed by atoms with Crippen molar-refractivity contribution in [1.82, 2.24) is 9.97 Å². The van der Waals surface area contributed by atoms with Crippen LogP contribution in [0.4, 0.5) is 11.6 Å². The number of nitrogen functional groups attached to an aromatic ring is 1. The van der Waals surface area contributed by atoms with E-state index < -0.39 is 0 Å². The Bertz CT molecular complexity index is 330. The van der Waals surface area contributed by atoms with Gasteiger partial charge in [0.05, 0.1) is 0 Å². The van der Waals surface area contributed by atoms with Crippen molar-refractivity contribution in [2.75, 3.05) is 29.6 Å². The fourth-order valence-electron chi connectivity index (χ4n) is 1.65. The van der Waals surface area contributed by atoms with Crippen LogP contribution in [0.15, 0.2) is 6.33 Å². The third-order valence-electron chi connectivity index (χ3n) is 2.55. The molecule has 0 amide bonds. The van der Waals surface area contributed by atoms with Crippen LogP contribution in [0.5, 0.6) is 0 Å². The highest BCUT2D eigenvalue weighted by Gasteiger charge is 2.07. The van der Waals surface area contributed by atoms with Crippen LogP contribution in [0, 0.1) is 0 Å². The first-order valence-corrected chi connectivity index (χ1v) is 7.51. The molecule has 0 atom stereocenters. The largest absolute Gasteiger partial charge is 0.383 e. The number of anilines is 2. The standard InChI is InChI=1S/C12H22N4S/c1-3-6-10-11(13)15-9-16-12(10)14-7-4-5-8-17-2/h9H,3-8H2,1-2H3,(H3,13,14,15,16). The van der Waals surface area contributed by atoms with E-state index in [-0.39, 0.29) is 0 Å². The lowest BCUT2D eigenvalue weighted by Gasteiger charge is -2.11. The lowest BCUT2D eigenvalue weighted by atomic mass is 10.1. The molecule has 1 rings (SSSR count). The Hall–Kier alpha value is -0.970. The molecular weight excluding hydrogens is 232 g/mol. The predicted octanol–water partition coefficient (Wildman–Crippen LogP) is 2.57. The van der Waals surface area contributed by atoms with Gasteiger partial charge in [-0.3, -0.25) is 0 Å². The molecule has 1 aromatic rings. The van der Waals surface area contributed by atoms with Crippen LogP contribution in [0.3, 0.4) is 0 Å². The van der Waals surface area contributed by atoms with Gasteiger partial charge in [0.15, 0.2) is 0 Å². The maximum absolute atomic E-state index is 5.86. The van der Waals surface area contributed by atoms with Gasteiger partial charge < -0.3 is 11.1 Å². The van der Waals surface area contributed by atoms with Gasteiger partial charge in [-0.1, -0.05) is 13.3 Å². The summed E-state index contributed by atoms with van der Waals surface area (Å²) in [7, 11) is 0. The van der Waals surface area contributed by atoms with Gasteiger partial charge in [0.25, 0.3) is 0 Å². The monoisotopic (exact) mass is 254 g/mol. The van der Waals surface area contributed by atoms with Crippen LogP contribution in [0.25, 0.3) is 0 Å². The van der Waals surface area contributed by atoms with E-state index in [4.69, 9.17) is 5.73 Å². The van der Waals surface area contributed by atoms with Crippen LogP contribution < -0.4 is 11.1 Å². The Labute approximate surface area is 108 Å². The minimum atomic E-state index is 0.605. The highest BCUT2D eigenvalue weighted by molar-refractivity contribution is 7.98. The summed E-state index contributed by atoms with van der Waals surface area (Å²) in [5.41, 5.74) is 6.92. The van der Waals surface area contributed by atoms with Crippen LogP contribution in [0.2, 0.25) is 0 Å². The fourth-order valence-corrected chi connectivity index (χ4v) is 2.15. The van der Waals surface area contributed by atoms with E-state index in [0.717, 1.165) is 37.2 Å². The molecule has 0 spiro atoms. The summed E-state index contributed by atoms with van der Waals surface area (Å²) in [6, 6.07) is 0. The number of aromatic nitrogens is 2. The van der Waals surface area contributed by atoms with E-state index in [9.17, 15) is 0 Å². The van der Waals surface area contributed by atoms with Crippen molar-refractivity contribution in [1.29, 1.82) is 0 Å². The van der Waals surface area contributed by atoms with Gasteiger partial charge in [-0.25, -0.2) is 9.97 Å². The normalized spacial score (nSPS) is 10.5. The van der Waals surface area contributed by atoms with Gasteiger partial charge in [-0.05, 0) is 31.3 Å². The summed E-state index contributed by atoms with van der Waals surface area (Å²) < 4.78 is 0. The van der Waals surface area contributed by atoms with Crippen LogP contribution >= 0.6 is 11.8 Å². The second-order valence-corrected chi connectivity index (χ2v) is 4.95. The lowest BCUT2D eigenvalue weighted by Crippen LogP contribution is -2.09. The van der Waals surface area contributed by atoms with Crippen molar-refractivity contribution in [2.24, 2.45) is 0 Å². The maximum Gasteiger partial charge on any atom is 0.134 e. The van der Waals surface area contributed by atoms with Crippen LogP contribution in [-0.2, 0) is 6.42 Å². The lowest BCUT2D eigenvalue weighted by molar-refractivity contribution is 0.832. The molecule has 3 N–H and O–H groups in total. The molecule has 0 fully saturated rings. The minimum absolute atomic E-state index is 0.605. The number of nitrogens with zero attached hydrogens (tertiary/aromatic N) is 2. The average Bonchev–Trinajstić information content (AvgIpc) is 2.33. The molecule has 0 bridgehead atoms. The number of rotatable bonds is 8. The van der Waals surface area contributed by atoms with Crippen molar-refractivity contribution in [3.05, 3.63) is 11.9 Å². The zero-order valence-electron chi connectivity index (χ0n) is 10.7. The smallest absolute Gasteiger partial charge is 0.134 e. The van der Waals surface area contributed by atoms with Gasteiger partial charge in [0.1, 0.15) is 18.0 Å². The summed E-state index contributed by atoms with van der Waals surface area (Å²) in [4.78, 5) is 8.31. The molecule has 1 heterocycles. The number of nitrogens with one attached hydrogen (secondary N) is 1. The number of unbranched alkanes of at least 4 members (excludes halogenated alkanes) is 1. The van der Waals surface area contributed by atoms with Crippen LogP contribution in [0.1, 0.15) is 31.7 Å². The Kier molecular flexibility index (Phi) is 6.77. The molecule has 1 aromatic heterocycles. The molecule has 0 aliphatic rings. The molecule has 0 saturated heterocycles. The van der Waals surface area contributed by atoms with Crippen molar-refractivity contribution >= 4 is 23.4 Å². The number of nitrogens with two attached hydrogens (primary N) is 1. The fraction of sp³-hybridized carbons (Fsp3) is 0.667. The Morgan fingerprint density at radius 2 is 2.18 bits per heavy atom. The molecule has 0 saturated carbocycles. The van der Waals surface area contributed by atoms with Crippen LogP contribution in [-0.4, -0.2) is 28.5 Å². The number of hydrogen-bond acceptors (Lipinski definition) is 5. The van der Waals surface area contributed by atoms with Gasteiger partial charge >= 0.3 is 0 Å². The zero-order valence-corrected chi connectivity index (χ0v) is 11.5. The third kappa shape index (κ3) is 4.81. The topological polar surface area (TPSA) is 63.8 Å². The SMILES string of the molecule is CCCc1c(N)ncnc1NCCCCSC. The maximum atomic E-state index is 5.86. The quantitative estimate of drug-likeness (QED) is 0.698. The third-order valence-corrected chi connectivity index (χ3v) is 3.24. The van der Waals surface area contributed by atoms with Gasteiger partial charge in [0.2, 0.25) is 0 Å². The van der Waals surface area contributed by atoms with E-state index >= 15 is 0 Å². The summed E-state index contributed by atoms with van der Waals surface area (Å²) in [6.45, 7) is 3.09. The van der Waals surface area contributed by atoms with Crippen molar-refractivity contribution < 1.29 is 0 Å². The summed E-state index contributed by atoms with van der Waals surface area (Å²) in [5, 5.41) is 3.36. The molecule has 0 radical (unpaired) electrons. The number of hydrogen-bond donors (Lipinski definition) is 2. The molecule has 96 valence electrons. The van der Waals surface area contributed by atoms with Crippen molar-refractivity contribution in [3.8, 4) is 0 Å². The molecule has 5 heteroatoms. The summed E-state index contributed by atoms with van der Waals surface area (Å²) >= 11 is 1.89. The first kappa shape index (κ1) is 14.1. The molecule has 0 aliphatic carbocycles. The second kappa shape index (κ2) is 8.17. The highest BCUT2D eigenvalue weighted by atomic mass is 32.2. The first-order valence-electron chi connectivity index (χ1n) is 6.11. The van der Waals surface area contributed by atoms with Crippen molar-refractivity contribution in [3.63, 3.8) is 0 Å². The predicted molar refractivity (Wildman–Crippen MR) is 76.5 cm³/mol. The van der Waals surface area contributed by atoms with E-state index in [1.54, 1.807) is 0 Å². The zero-order chi connectivity index (χ0) is 12.5. The highest BCUT2D eigenvalue weighted by Crippen LogP contribution is 2.18. The molecule has 0 aromatic carbocycles. The first-order chi connectivity index (χ1) is 8.29. The molecule has 0 unspecified atom stereocenters. The van der Waals surface area contributed by atoms with E-state index in [2.05, 4.69) is 28.5 Å². The second-order valence-electron chi connectivity index (χ2n) is 3.96. The average molecular weight is 254 g/mol. The minimum Gasteiger partial charge on any atom is -0.383 e. The van der Waals surface area contributed by atoms with Gasteiger partial charge in [-0.15, -0.1) is 0 Å². The molecule has 0 aliphatic heterocycles. The summed E-state index contributed by atoms with van der Waals surface area (Å²) in [6.07, 6.45) is 8.04. The van der Waals surface area contributed by atoms with Crippen molar-refractivity contribution in [2.45, 2.75) is 32.6 Å². The number of thioether (sulfide) groups is 1. The Morgan fingerprint density at radius 1 is 1.35 bits per heavy atom. The van der Waals surface area contributed by atoms with E-state index in [1.165, 1.54) is 18.5 Å².